The second kappa shape index (κ2) is 7.50. The van der Waals surface area contributed by atoms with Crippen LogP contribution in [0.5, 0.6) is 0 Å². The Kier molecular flexibility index (Phi) is 6.24. The third kappa shape index (κ3) is 4.84. The minimum Gasteiger partial charge on any atom is -0.357 e. The van der Waals surface area contributed by atoms with Crippen LogP contribution in [0.3, 0.4) is 0 Å². The van der Waals surface area contributed by atoms with Crippen LogP contribution < -0.4 is 5.32 Å². The summed E-state index contributed by atoms with van der Waals surface area (Å²) in [6.07, 6.45) is 9.63. The van der Waals surface area contributed by atoms with Gasteiger partial charge in [0.1, 0.15) is 0 Å². The fourth-order valence-corrected chi connectivity index (χ4v) is 2.03. The van der Waals surface area contributed by atoms with E-state index in [0.29, 0.717) is 0 Å². The number of aryl methyl sites for hydroxylation is 1. The van der Waals surface area contributed by atoms with Gasteiger partial charge >= 0.3 is 0 Å². The quantitative estimate of drug-likeness (QED) is 0.714. The number of nitrogens with one attached hydrogen (secondary N) is 1. The van der Waals surface area contributed by atoms with E-state index in [4.69, 9.17) is 0 Å². The molecule has 1 N–H and O–H groups in total. The van der Waals surface area contributed by atoms with Crippen molar-refractivity contribution in [1.82, 2.24) is 9.88 Å². The summed E-state index contributed by atoms with van der Waals surface area (Å²) in [6, 6.07) is 2.18. The van der Waals surface area contributed by atoms with Gasteiger partial charge in [0.15, 0.2) is 0 Å². The Morgan fingerprint density at radius 1 is 1.38 bits per heavy atom. The molecule has 2 nitrogen and oxygen atoms in total. The highest BCUT2D eigenvalue weighted by atomic mass is 14.9. The van der Waals surface area contributed by atoms with Crippen molar-refractivity contribution >= 4 is 0 Å². The molecule has 0 aliphatic heterocycles. The van der Waals surface area contributed by atoms with Gasteiger partial charge in [-0.1, -0.05) is 33.1 Å². The minimum absolute atomic E-state index is 0.851. The van der Waals surface area contributed by atoms with Gasteiger partial charge in [-0.2, -0.15) is 0 Å². The highest BCUT2D eigenvalue weighted by Gasteiger charge is 2.05. The van der Waals surface area contributed by atoms with Crippen molar-refractivity contribution in [1.29, 1.82) is 0 Å². The van der Waals surface area contributed by atoms with Gasteiger partial charge < -0.3 is 9.88 Å². The second-order valence-corrected chi connectivity index (χ2v) is 4.73. The molecule has 1 atom stereocenters. The van der Waals surface area contributed by atoms with E-state index in [1.54, 1.807) is 0 Å². The number of hydrogen-bond acceptors (Lipinski definition) is 1. The Morgan fingerprint density at radius 2 is 2.19 bits per heavy atom. The van der Waals surface area contributed by atoms with Gasteiger partial charge in [0.2, 0.25) is 0 Å². The summed E-state index contributed by atoms with van der Waals surface area (Å²) in [5, 5.41) is 3.56. The molecule has 92 valence electrons. The molecule has 0 aliphatic carbocycles. The van der Waals surface area contributed by atoms with Gasteiger partial charge in [-0.15, -0.1) is 0 Å². The first-order valence-electron chi connectivity index (χ1n) is 6.57. The molecule has 0 spiro atoms. The standard InChI is InChI=1S/C14H26N2/c1-4-6-7-13(5-2)10-15-11-14-8-9-16(3)12-14/h8-9,12-13,15H,4-7,10-11H2,1-3H3. The van der Waals surface area contributed by atoms with Gasteiger partial charge in [0.25, 0.3) is 0 Å². The maximum atomic E-state index is 3.56. The lowest BCUT2D eigenvalue weighted by Gasteiger charge is -2.14. The monoisotopic (exact) mass is 222 g/mol. The normalized spacial score (nSPS) is 12.9. The summed E-state index contributed by atoms with van der Waals surface area (Å²) < 4.78 is 2.10. The molecule has 2 heteroatoms. The van der Waals surface area contributed by atoms with Crippen molar-refractivity contribution in [2.45, 2.75) is 46.1 Å². The zero-order valence-corrected chi connectivity index (χ0v) is 11.0. The highest BCUT2D eigenvalue weighted by molar-refractivity contribution is 5.09. The first-order chi connectivity index (χ1) is 7.76. The van der Waals surface area contributed by atoms with Crippen LogP contribution in [0.15, 0.2) is 18.5 Å². The van der Waals surface area contributed by atoms with Crippen LogP contribution in [0.2, 0.25) is 0 Å². The van der Waals surface area contributed by atoms with Gasteiger partial charge in [-0.3, -0.25) is 0 Å². The Morgan fingerprint density at radius 3 is 2.75 bits per heavy atom. The van der Waals surface area contributed by atoms with Crippen molar-refractivity contribution in [2.24, 2.45) is 13.0 Å². The van der Waals surface area contributed by atoms with E-state index in [0.717, 1.165) is 19.0 Å². The van der Waals surface area contributed by atoms with Crippen LogP contribution in [0.1, 0.15) is 45.1 Å². The van der Waals surface area contributed by atoms with Crippen LogP contribution >= 0.6 is 0 Å². The fraction of sp³-hybridized carbons (Fsp3) is 0.714. The van der Waals surface area contributed by atoms with Crippen LogP contribution in [0, 0.1) is 5.92 Å². The Balaban J connectivity index is 2.17. The smallest absolute Gasteiger partial charge is 0.0220 e. The van der Waals surface area contributed by atoms with E-state index >= 15 is 0 Å². The summed E-state index contributed by atoms with van der Waals surface area (Å²) >= 11 is 0. The molecule has 1 unspecified atom stereocenters. The number of unbranched alkanes of at least 4 members (excludes halogenated alkanes) is 1. The lowest BCUT2D eigenvalue weighted by atomic mass is 9.99. The molecular weight excluding hydrogens is 196 g/mol. The molecule has 0 saturated carbocycles. The second-order valence-electron chi connectivity index (χ2n) is 4.73. The van der Waals surface area contributed by atoms with Crippen molar-refractivity contribution in [3.63, 3.8) is 0 Å². The Bertz CT molecular complexity index is 278. The van der Waals surface area contributed by atoms with E-state index in [1.165, 1.54) is 31.2 Å². The van der Waals surface area contributed by atoms with Gasteiger partial charge in [-0.05, 0) is 30.5 Å². The van der Waals surface area contributed by atoms with Gasteiger partial charge in [0.05, 0.1) is 0 Å². The predicted octanol–water partition coefficient (Wildman–Crippen LogP) is 3.33. The van der Waals surface area contributed by atoms with Gasteiger partial charge in [-0.25, -0.2) is 0 Å². The first kappa shape index (κ1) is 13.3. The number of hydrogen-bond donors (Lipinski definition) is 1. The minimum atomic E-state index is 0.851. The van der Waals surface area contributed by atoms with Crippen molar-refractivity contribution < 1.29 is 0 Å². The molecule has 1 heterocycles. The zero-order chi connectivity index (χ0) is 11.8. The van der Waals surface area contributed by atoms with Gasteiger partial charge in [0, 0.05) is 26.0 Å². The summed E-state index contributed by atoms with van der Waals surface area (Å²) in [6.45, 7) is 6.73. The molecule has 0 bridgehead atoms. The number of rotatable bonds is 8. The van der Waals surface area contributed by atoms with E-state index in [9.17, 15) is 0 Å². The van der Waals surface area contributed by atoms with Crippen LogP contribution in [-0.4, -0.2) is 11.1 Å². The van der Waals surface area contributed by atoms with Crippen molar-refractivity contribution in [3.8, 4) is 0 Å². The van der Waals surface area contributed by atoms with Crippen LogP contribution in [0.25, 0.3) is 0 Å². The Labute approximate surface area is 100 Å². The largest absolute Gasteiger partial charge is 0.357 e. The maximum absolute atomic E-state index is 3.56. The summed E-state index contributed by atoms with van der Waals surface area (Å²) in [4.78, 5) is 0. The number of nitrogens with zero attached hydrogens (tertiary/aromatic N) is 1. The molecule has 0 aliphatic rings. The van der Waals surface area contributed by atoms with Crippen molar-refractivity contribution in [3.05, 3.63) is 24.0 Å². The third-order valence-electron chi connectivity index (χ3n) is 3.20. The topological polar surface area (TPSA) is 17.0 Å². The summed E-state index contributed by atoms with van der Waals surface area (Å²) in [5.74, 6) is 0.851. The molecular formula is C14H26N2. The molecule has 16 heavy (non-hydrogen) atoms. The molecule has 0 fully saturated rings. The van der Waals surface area contributed by atoms with Crippen LogP contribution in [0.4, 0.5) is 0 Å². The van der Waals surface area contributed by atoms with E-state index in [2.05, 4.69) is 49.2 Å². The molecule has 1 aromatic rings. The SMILES string of the molecule is CCCCC(CC)CNCc1ccn(C)c1. The average molecular weight is 222 g/mol. The molecule has 0 radical (unpaired) electrons. The maximum Gasteiger partial charge on any atom is 0.0220 e. The summed E-state index contributed by atoms with van der Waals surface area (Å²) in [7, 11) is 2.07. The van der Waals surface area contributed by atoms with Crippen molar-refractivity contribution in [2.75, 3.05) is 6.54 Å². The van der Waals surface area contributed by atoms with E-state index < -0.39 is 0 Å². The molecule has 0 aromatic carbocycles. The fourth-order valence-electron chi connectivity index (χ4n) is 2.03. The third-order valence-corrected chi connectivity index (χ3v) is 3.20. The average Bonchev–Trinajstić information content (AvgIpc) is 2.69. The number of aromatic nitrogens is 1. The summed E-state index contributed by atoms with van der Waals surface area (Å²) in [5.41, 5.74) is 1.38. The van der Waals surface area contributed by atoms with Crippen LogP contribution in [-0.2, 0) is 13.6 Å². The first-order valence-corrected chi connectivity index (χ1v) is 6.57. The molecule has 1 aromatic heterocycles. The molecule has 1 rings (SSSR count). The Hall–Kier alpha value is -0.760. The van der Waals surface area contributed by atoms with E-state index in [1.807, 2.05) is 0 Å². The molecule has 0 amide bonds. The lowest BCUT2D eigenvalue weighted by molar-refractivity contribution is 0.419. The van der Waals surface area contributed by atoms with E-state index in [-0.39, 0.29) is 0 Å². The predicted molar refractivity (Wildman–Crippen MR) is 70.4 cm³/mol. The molecule has 0 saturated heterocycles. The zero-order valence-electron chi connectivity index (χ0n) is 11.0. The lowest BCUT2D eigenvalue weighted by Crippen LogP contribution is -2.22. The highest BCUT2D eigenvalue weighted by Crippen LogP contribution is 2.11.